The summed E-state index contributed by atoms with van der Waals surface area (Å²) in [6, 6.07) is 5.42. The molecule has 0 atom stereocenters. The molecule has 2 heterocycles. The number of nitrogens with zero attached hydrogens (tertiary/aromatic N) is 3. The van der Waals surface area contributed by atoms with Crippen molar-refractivity contribution in [3.8, 4) is 0 Å². The molecule has 2 N–H and O–H groups in total. The fourth-order valence-electron chi connectivity index (χ4n) is 4.31. The number of piperazine rings is 1. The minimum atomic E-state index is -0.523. The number of hydrogen-bond donors (Lipinski definition) is 1. The monoisotopic (exact) mass is 444 g/mol. The number of benzene rings is 1. The Hall–Kier alpha value is -2.77. The number of anilines is 1. The maximum absolute atomic E-state index is 13.0. The summed E-state index contributed by atoms with van der Waals surface area (Å²) in [7, 11) is 0. The van der Waals surface area contributed by atoms with Crippen LogP contribution in [0.3, 0.4) is 0 Å². The Morgan fingerprint density at radius 3 is 2.12 bits per heavy atom. The van der Waals surface area contributed by atoms with E-state index in [1.165, 1.54) is 0 Å². The molecule has 2 saturated heterocycles. The zero-order valence-electron chi connectivity index (χ0n) is 19.7. The lowest BCUT2D eigenvalue weighted by atomic mass is 9.95. The average Bonchev–Trinajstić information content (AvgIpc) is 2.77. The Balaban J connectivity index is 1.50. The Morgan fingerprint density at radius 2 is 1.56 bits per heavy atom. The highest BCUT2D eigenvalue weighted by Gasteiger charge is 2.34. The van der Waals surface area contributed by atoms with Crippen molar-refractivity contribution in [1.82, 2.24) is 14.7 Å². The predicted molar refractivity (Wildman–Crippen MR) is 123 cm³/mol. The number of carbonyl (C=O) groups is 3. The molecule has 0 unspecified atom stereocenters. The molecule has 0 radical (unpaired) electrons. The second kappa shape index (κ2) is 9.79. The number of likely N-dealkylation sites (tertiary alicyclic amines) is 1. The van der Waals surface area contributed by atoms with Gasteiger partial charge in [0.05, 0.1) is 0 Å². The summed E-state index contributed by atoms with van der Waals surface area (Å²) in [5.74, 6) is 0.0435. The molecule has 176 valence electrons. The van der Waals surface area contributed by atoms with Crippen LogP contribution in [0, 0.1) is 5.92 Å². The van der Waals surface area contributed by atoms with E-state index < -0.39 is 5.60 Å². The van der Waals surface area contributed by atoms with Gasteiger partial charge in [0.1, 0.15) is 5.60 Å². The largest absolute Gasteiger partial charge is 0.444 e. The Labute approximate surface area is 190 Å². The number of rotatable bonds is 3. The predicted octanol–water partition coefficient (Wildman–Crippen LogP) is 2.76. The van der Waals surface area contributed by atoms with E-state index in [9.17, 15) is 14.4 Å². The quantitative estimate of drug-likeness (QED) is 0.723. The summed E-state index contributed by atoms with van der Waals surface area (Å²) in [6.07, 6.45) is 1.71. The normalized spacial score (nSPS) is 17.9. The topological polar surface area (TPSA) is 96.2 Å². The zero-order valence-corrected chi connectivity index (χ0v) is 19.7. The van der Waals surface area contributed by atoms with E-state index >= 15 is 0 Å². The maximum Gasteiger partial charge on any atom is 0.410 e. The second-order valence-corrected chi connectivity index (χ2v) is 9.63. The van der Waals surface area contributed by atoms with Crippen LogP contribution < -0.4 is 5.73 Å². The van der Waals surface area contributed by atoms with E-state index in [1.54, 1.807) is 17.0 Å². The van der Waals surface area contributed by atoms with Crippen molar-refractivity contribution in [2.24, 2.45) is 5.92 Å². The summed E-state index contributed by atoms with van der Waals surface area (Å²) >= 11 is 0. The highest BCUT2D eigenvalue weighted by molar-refractivity contribution is 5.96. The molecule has 0 saturated carbocycles. The summed E-state index contributed by atoms with van der Waals surface area (Å²) < 4.78 is 5.43. The van der Waals surface area contributed by atoms with Crippen molar-refractivity contribution in [3.05, 3.63) is 29.3 Å². The molecule has 1 aromatic carbocycles. The third kappa shape index (κ3) is 5.72. The van der Waals surface area contributed by atoms with Crippen molar-refractivity contribution in [1.29, 1.82) is 0 Å². The smallest absolute Gasteiger partial charge is 0.410 e. The minimum Gasteiger partial charge on any atom is -0.444 e. The highest BCUT2D eigenvalue weighted by Crippen LogP contribution is 2.23. The van der Waals surface area contributed by atoms with E-state index in [0.29, 0.717) is 63.4 Å². The third-order valence-electron chi connectivity index (χ3n) is 6.12. The maximum atomic E-state index is 13.0. The molecule has 3 amide bonds. The molecule has 3 rings (SSSR count). The molecule has 0 aromatic heterocycles. The second-order valence-electron chi connectivity index (χ2n) is 9.63. The Morgan fingerprint density at radius 1 is 0.969 bits per heavy atom. The van der Waals surface area contributed by atoms with Gasteiger partial charge in [0, 0.05) is 56.4 Å². The SMILES string of the molecule is CCc1cc(N)ccc1C(=O)N1CCN(C(=O)C2CCN(C(=O)OC(C)(C)C)CC2)CC1. The van der Waals surface area contributed by atoms with Gasteiger partial charge in [-0.25, -0.2) is 4.79 Å². The summed E-state index contributed by atoms with van der Waals surface area (Å²) in [5, 5.41) is 0. The third-order valence-corrected chi connectivity index (χ3v) is 6.12. The van der Waals surface area contributed by atoms with Gasteiger partial charge in [0.25, 0.3) is 5.91 Å². The molecule has 8 nitrogen and oxygen atoms in total. The van der Waals surface area contributed by atoms with Gasteiger partial charge >= 0.3 is 6.09 Å². The lowest BCUT2D eigenvalue weighted by molar-refractivity contribution is -0.138. The van der Waals surface area contributed by atoms with Crippen molar-refractivity contribution < 1.29 is 19.1 Å². The van der Waals surface area contributed by atoms with E-state index in [4.69, 9.17) is 10.5 Å². The molecule has 2 aliphatic heterocycles. The molecule has 2 fully saturated rings. The summed E-state index contributed by atoms with van der Waals surface area (Å²) in [6.45, 7) is 10.7. The molecule has 8 heteroatoms. The van der Waals surface area contributed by atoms with Crippen LogP contribution in [0.4, 0.5) is 10.5 Å². The van der Waals surface area contributed by atoms with E-state index in [0.717, 1.165) is 12.0 Å². The lowest BCUT2D eigenvalue weighted by Gasteiger charge is -2.39. The first-order valence-electron chi connectivity index (χ1n) is 11.5. The number of nitrogens with two attached hydrogens (primary N) is 1. The fraction of sp³-hybridized carbons (Fsp3) is 0.625. The number of aryl methyl sites for hydroxylation is 1. The molecule has 1 aromatic rings. The molecule has 0 aliphatic carbocycles. The van der Waals surface area contributed by atoms with Gasteiger partial charge in [-0.3, -0.25) is 9.59 Å². The van der Waals surface area contributed by atoms with Crippen molar-refractivity contribution in [3.63, 3.8) is 0 Å². The molecule has 32 heavy (non-hydrogen) atoms. The Bertz CT molecular complexity index is 848. The van der Waals surface area contributed by atoms with Crippen LogP contribution in [-0.4, -0.2) is 77.5 Å². The van der Waals surface area contributed by atoms with Crippen molar-refractivity contribution in [2.75, 3.05) is 45.0 Å². The molecule has 0 bridgehead atoms. The minimum absolute atomic E-state index is 0.000354. The van der Waals surface area contributed by atoms with Gasteiger partial charge in [0.15, 0.2) is 0 Å². The van der Waals surface area contributed by atoms with E-state index in [1.807, 2.05) is 43.6 Å². The standard InChI is InChI=1S/C24H36N4O4/c1-5-17-16-19(25)6-7-20(17)22(30)27-14-12-26(13-15-27)21(29)18-8-10-28(11-9-18)23(31)32-24(2,3)4/h6-7,16,18H,5,8-15,25H2,1-4H3. The van der Waals surface area contributed by atoms with Gasteiger partial charge in [-0.2, -0.15) is 0 Å². The van der Waals surface area contributed by atoms with Crippen LogP contribution >= 0.6 is 0 Å². The van der Waals surface area contributed by atoms with Gasteiger partial charge in [0.2, 0.25) is 5.91 Å². The van der Waals surface area contributed by atoms with Crippen molar-refractivity contribution >= 4 is 23.6 Å². The van der Waals surface area contributed by atoms with Crippen LogP contribution in [0.25, 0.3) is 0 Å². The molecule has 0 spiro atoms. The lowest BCUT2D eigenvalue weighted by Crippen LogP contribution is -2.53. The van der Waals surface area contributed by atoms with Gasteiger partial charge in [-0.1, -0.05) is 6.92 Å². The number of carbonyl (C=O) groups excluding carboxylic acids is 3. The van der Waals surface area contributed by atoms with E-state index in [2.05, 4.69) is 0 Å². The number of piperidine rings is 1. The van der Waals surface area contributed by atoms with Gasteiger partial charge < -0.3 is 25.2 Å². The summed E-state index contributed by atoms with van der Waals surface area (Å²) in [4.78, 5) is 43.6. The first-order valence-corrected chi connectivity index (χ1v) is 11.5. The summed E-state index contributed by atoms with van der Waals surface area (Å²) in [5.41, 5.74) is 7.63. The van der Waals surface area contributed by atoms with Crippen LogP contribution in [-0.2, 0) is 16.0 Å². The van der Waals surface area contributed by atoms with Crippen molar-refractivity contribution in [2.45, 2.75) is 52.6 Å². The number of nitrogen functional groups attached to an aromatic ring is 1. The number of ether oxygens (including phenoxy) is 1. The number of amides is 3. The van der Waals surface area contributed by atoms with Crippen LogP contribution in [0.1, 0.15) is 56.5 Å². The van der Waals surface area contributed by atoms with Crippen LogP contribution in [0.2, 0.25) is 0 Å². The average molecular weight is 445 g/mol. The van der Waals surface area contributed by atoms with Crippen LogP contribution in [0.15, 0.2) is 18.2 Å². The highest BCUT2D eigenvalue weighted by atomic mass is 16.6. The fourth-order valence-corrected chi connectivity index (χ4v) is 4.31. The number of hydrogen-bond acceptors (Lipinski definition) is 5. The van der Waals surface area contributed by atoms with Crippen LogP contribution in [0.5, 0.6) is 0 Å². The molecular formula is C24H36N4O4. The van der Waals surface area contributed by atoms with Gasteiger partial charge in [-0.05, 0) is 63.8 Å². The first-order chi connectivity index (χ1) is 15.1. The first kappa shape index (κ1) is 23.9. The van der Waals surface area contributed by atoms with E-state index in [-0.39, 0.29) is 23.8 Å². The zero-order chi connectivity index (χ0) is 23.5. The molecular weight excluding hydrogens is 408 g/mol. The Kier molecular flexibility index (Phi) is 7.31. The van der Waals surface area contributed by atoms with Gasteiger partial charge in [-0.15, -0.1) is 0 Å². The molecule has 2 aliphatic rings.